The van der Waals surface area contributed by atoms with Gasteiger partial charge < -0.3 is 0 Å². The highest BCUT2D eigenvalue weighted by molar-refractivity contribution is 8.13. The molecule has 0 spiro atoms. The molecule has 0 aromatic carbocycles. The number of hydrogen-bond acceptors (Lipinski definition) is 3. The molecule has 0 saturated heterocycles. The van der Waals surface area contributed by atoms with Crippen LogP contribution in [0.1, 0.15) is 23.8 Å². The molecule has 0 amide bonds. The Bertz CT molecular complexity index is 326. The van der Waals surface area contributed by atoms with E-state index in [0.717, 1.165) is 12.2 Å². The molecule has 0 N–H and O–H groups in total. The zero-order chi connectivity index (χ0) is 10.4. The van der Waals surface area contributed by atoms with Gasteiger partial charge in [-0.1, -0.05) is 17.8 Å². The maximum atomic E-state index is 10.6. The lowest BCUT2D eigenvalue weighted by molar-refractivity contribution is -0.109. The van der Waals surface area contributed by atoms with Crippen LogP contribution in [-0.2, 0) is 4.79 Å². The molecule has 0 aliphatic carbocycles. The highest BCUT2D eigenvalue weighted by atomic mass is 32.2. The molecule has 1 aromatic rings. The zero-order valence-electron chi connectivity index (χ0n) is 8.45. The van der Waals surface area contributed by atoms with Gasteiger partial charge in [0.05, 0.1) is 0 Å². The quantitative estimate of drug-likeness (QED) is 0.727. The zero-order valence-corrected chi connectivity index (χ0v) is 10.1. The van der Waals surface area contributed by atoms with E-state index in [2.05, 4.69) is 30.5 Å². The third kappa shape index (κ3) is 4.11. The van der Waals surface area contributed by atoms with Gasteiger partial charge in [-0.3, -0.25) is 4.79 Å². The number of thiophene rings is 1. The van der Waals surface area contributed by atoms with Crippen LogP contribution in [0.3, 0.4) is 0 Å². The van der Waals surface area contributed by atoms with E-state index in [0.29, 0.717) is 0 Å². The highest BCUT2D eigenvalue weighted by Gasteiger charge is 1.94. The molecule has 0 radical (unpaired) electrons. The molecule has 1 rings (SSSR count). The fourth-order valence-corrected chi connectivity index (χ4v) is 2.41. The average Bonchev–Trinajstić information content (AvgIpc) is 2.51. The SMILES string of the molecule is CC(=O)SCCC=Cc1sccc1C. The monoisotopic (exact) mass is 226 g/mol. The van der Waals surface area contributed by atoms with E-state index >= 15 is 0 Å². The van der Waals surface area contributed by atoms with Crippen LogP contribution in [0.2, 0.25) is 0 Å². The van der Waals surface area contributed by atoms with Gasteiger partial charge in [0.2, 0.25) is 0 Å². The minimum Gasteiger partial charge on any atom is -0.288 e. The summed E-state index contributed by atoms with van der Waals surface area (Å²) in [5.41, 5.74) is 1.32. The lowest BCUT2D eigenvalue weighted by Crippen LogP contribution is -1.83. The molecule has 1 heterocycles. The van der Waals surface area contributed by atoms with E-state index in [1.165, 1.54) is 22.2 Å². The molecule has 0 fully saturated rings. The van der Waals surface area contributed by atoms with Crippen molar-refractivity contribution in [1.82, 2.24) is 0 Å². The van der Waals surface area contributed by atoms with Crippen LogP contribution in [0, 0.1) is 6.92 Å². The lowest BCUT2D eigenvalue weighted by Gasteiger charge is -1.92. The van der Waals surface area contributed by atoms with Crippen molar-refractivity contribution in [2.45, 2.75) is 20.3 Å². The van der Waals surface area contributed by atoms with Crippen LogP contribution in [0.5, 0.6) is 0 Å². The normalized spacial score (nSPS) is 11.0. The predicted molar refractivity (Wildman–Crippen MR) is 65.8 cm³/mol. The molecule has 1 aromatic heterocycles. The number of hydrogen-bond donors (Lipinski definition) is 0. The van der Waals surface area contributed by atoms with E-state index in [9.17, 15) is 4.79 Å². The van der Waals surface area contributed by atoms with Gasteiger partial charge in [-0.2, -0.15) is 0 Å². The summed E-state index contributed by atoms with van der Waals surface area (Å²) in [6.45, 7) is 3.72. The van der Waals surface area contributed by atoms with E-state index in [1.54, 1.807) is 18.3 Å². The second kappa shape index (κ2) is 6.04. The van der Waals surface area contributed by atoms with Gasteiger partial charge >= 0.3 is 0 Å². The molecule has 0 atom stereocenters. The van der Waals surface area contributed by atoms with Gasteiger partial charge in [-0.25, -0.2) is 0 Å². The summed E-state index contributed by atoms with van der Waals surface area (Å²) < 4.78 is 0. The van der Waals surface area contributed by atoms with Crippen molar-refractivity contribution in [3.8, 4) is 0 Å². The van der Waals surface area contributed by atoms with Gasteiger partial charge in [-0.05, 0) is 36.4 Å². The first kappa shape index (κ1) is 11.5. The third-order valence-corrected chi connectivity index (χ3v) is 3.59. The molecule has 14 heavy (non-hydrogen) atoms. The highest BCUT2D eigenvalue weighted by Crippen LogP contribution is 2.17. The third-order valence-electron chi connectivity index (χ3n) is 1.76. The van der Waals surface area contributed by atoms with E-state index < -0.39 is 0 Å². The number of aryl methyl sites for hydroxylation is 1. The minimum absolute atomic E-state index is 0.200. The van der Waals surface area contributed by atoms with Crippen molar-refractivity contribution < 1.29 is 4.79 Å². The Kier molecular flexibility index (Phi) is 4.98. The Labute approximate surface area is 93.2 Å². The average molecular weight is 226 g/mol. The van der Waals surface area contributed by atoms with Gasteiger partial charge in [0.15, 0.2) is 5.12 Å². The number of rotatable bonds is 4. The van der Waals surface area contributed by atoms with Crippen LogP contribution in [0.4, 0.5) is 0 Å². The van der Waals surface area contributed by atoms with Crippen LogP contribution in [0.15, 0.2) is 17.5 Å². The molecule has 1 nitrogen and oxygen atoms in total. The first-order valence-corrected chi connectivity index (χ1v) is 6.40. The van der Waals surface area contributed by atoms with Gasteiger partial charge in [0, 0.05) is 17.6 Å². The van der Waals surface area contributed by atoms with Crippen molar-refractivity contribution in [2.24, 2.45) is 0 Å². The van der Waals surface area contributed by atoms with Crippen molar-refractivity contribution >= 4 is 34.3 Å². The smallest absolute Gasteiger partial charge is 0.185 e. The molecule has 0 aliphatic heterocycles. The van der Waals surface area contributed by atoms with E-state index in [-0.39, 0.29) is 5.12 Å². The van der Waals surface area contributed by atoms with Crippen molar-refractivity contribution in [3.63, 3.8) is 0 Å². The van der Waals surface area contributed by atoms with Crippen LogP contribution < -0.4 is 0 Å². The Morgan fingerprint density at radius 3 is 3.00 bits per heavy atom. The Hall–Kier alpha value is -0.540. The molecule has 3 heteroatoms. The van der Waals surface area contributed by atoms with Crippen LogP contribution in [0.25, 0.3) is 6.08 Å². The second-order valence-corrected chi connectivity index (χ2v) is 5.22. The predicted octanol–water partition coefficient (Wildman–Crippen LogP) is 3.74. The summed E-state index contributed by atoms with van der Waals surface area (Å²) in [6.07, 6.45) is 5.23. The maximum Gasteiger partial charge on any atom is 0.185 e. The summed E-state index contributed by atoms with van der Waals surface area (Å²) >= 11 is 3.14. The Morgan fingerprint density at radius 1 is 1.64 bits per heavy atom. The number of carbonyl (C=O) groups excluding carboxylic acids is 1. The van der Waals surface area contributed by atoms with Crippen molar-refractivity contribution in [3.05, 3.63) is 28.0 Å². The van der Waals surface area contributed by atoms with Crippen LogP contribution >= 0.6 is 23.1 Å². The Morgan fingerprint density at radius 2 is 2.43 bits per heavy atom. The fraction of sp³-hybridized carbons (Fsp3) is 0.364. The molecule has 0 bridgehead atoms. The minimum atomic E-state index is 0.200. The van der Waals surface area contributed by atoms with E-state index in [4.69, 9.17) is 0 Å². The van der Waals surface area contributed by atoms with Gasteiger partial charge in [-0.15, -0.1) is 11.3 Å². The molecule has 0 saturated carbocycles. The van der Waals surface area contributed by atoms with Crippen LogP contribution in [-0.4, -0.2) is 10.9 Å². The number of allylic oxidation sites excluding steroid dienone is 1. The summed E-state index contributed by atoms with van der Waals surface area (Å²) in [5, 5.41) is 2.30. The standard InChI is InChI=1S/C11H14OS2/c1-9-6-8-14-11(9)5-3-4-7-13-10(2)12/h3,5-6,8H,4,7H2,1-2H3. The molecule has 0 aliphatic rings. The van der Waals surface area contributed by atoms with Gasteiger partial charge in [0.25, 0.3) is 0 Å². The topological polar surface area (TPSA) is 17.1 Å². The molecule has 0 unspecified atom stereocenters. The summed E-state index contributed by atoms with van der Waals surface area (Å²) in [4.78, 5) is 11.9. The number of thioether (sulfide) groups is 1. The van der Waals surface area contributed by atoms with E-state index in [1.807, 2.05) is 0 Å². The van der Waals surface area contributed by atoms with Crippen molar-refractivity contribution in [2.75, 3.05) is 5.75 Å². The Balaban J connectivity index is 2.28. The maximum absolute atomic E-state index is 10.6. The van der Waals surface area contributed by atoms with Gasteiger partial charge in [0.1, 0.15) is 0 Å². The fourth-order valence-electron chi connectivity index (χ4n) is 1.02. The molecular weight excluding hydrogens is 212 g/mol. The summed E-state index contributed by atoms with van der Waals surface area (Å²) in [5.74, 6) is 0.885. The van der Waals surface area contributed by atoms with Crippen molar-refractivity contribution in [1.29, 1.82) is 0 Å². The first-order valence-electron chi connectivity index (χ1n) is 4.54. The molecule has 76 valence electrons. The second-order valence-electron chi connectivity index (χ2n) is 3.00. The number of carbonyl (C=O) groups is 1. The first-order chi connectivity index (χ1) is 6.70. The summed E-state index contributed by atoms with van der Waals surface area (Å²) in [6, 6.07) is 2.12. The summed E-state index contributed by atoms with van der Waals surface area (Å²) in [7, 11) is 0. The largest absolute Gasteiger partial charge is 0.288 e. The lowest BCUT2D eigenvalue weighted by atomic mass is 10.2. The molecular formula is C11H14OS2.